The number of benzene rings is 1. The number of carbonyl (C=O) groups excluding carboxylic acids is 2. The molecule has 0 bridgehead atoms. The van der Waals surface area contributed by atoms with E-state index in [2.05, 4.69) is 20.7 Å². The number of H-pyrrole nitrogens is 1. The molecule has 3 aromatic rings. The highest BCUT2D eigenvalue weighted by atomic mass is 16.2. The Labute approximate surface area is 132 Å². The third-order valence-electron chi connectivity index (χ3n) is 3.43. The van der Waals surface area contributed by atoms with E-state index >= 15 is 0 Å². The van der Waals surface area contributed by atoms with Gasteiger partial charge in [0.25, 0.3) is 5.91 Å². The summed E-state index contributed by atoms with van der Waals surface area (Å²) in [6.07, 6.45) is 3.30. The number of nitrogens with one attached hydrogen (secondary N) is 3. The van der Waals surface area contributed by atoms with E-state index in [1.165, 1.54) is 0 Å². The molecule has 0 aliphatic carbocycles. The van der Waals surface area contributed by atoms with Crippen molar-refractivity contribution in [3.63, 3.8) is 0 Å². The molecule has 7 heteroatoms. The van der Waals surface area contributed by atoms with Gasteiger partial charge in [0, 0.05) is 23.6 Å². The van der Waals surface area contributed by atoms with E-state index in [9.17, 15) is 9.59 Å². The summed E-state index contributed by atoms with van der Waals surface area (Å²) in [5, 5.41) is 10.3. The Morgan fingerprint density at radius 1 is 1.30 bits per heavy atom. The maximum atomic E-state index is 12.1. The molecule has 118 valence electrons. The summed E-state index contributed by atoms with van der Waals surface area (Å²) in [4.78, 5) is 27.0. The van der Waals surface area contributed by atoms with E-state index in [0.29, 0.717) is 11.4 Å². The first-order valence-electron chi connectivity index (χ1n) is 7.34. The van der Waals surface area contributed by atoms with Gasteiger partial charge >= 0.3 is 0 Å². The van der Waals surface area contributed by atoms with Gasteiger partial charge in [-0.15, -0.1) is 0 Å². The Balaban J connectivity index is 1.56. The minimum absolute atomic E-state index is 0.106. The van der Waals surface area contributed by atoms with E-state index in [0.717, 1.165) is 17.4 Å². The van der Waals surface area contributed by atoms with Crippen molar-refractivity contribution in [2.24, 2.45) is 0 Å². The zero-order valence-corrected chi connectivity index (χ0v) is 12.7. The summed E-state index contributed by atoms with van der Waals surface area (Å²) in [6.45, 7) is 2.58. The van der Waals surface area contributed by atoms with Crippen LogP contribution in [0.25, 0.3) is 10.9 Å². The van der Waals surface area contributed by atoms with Crippen molar-refractivity contribution >= 4 is 28.4 Å². The van der Waals surface area contributed by atoms with E-state index in [4.69, 9.17) is 0 Å². The fourth-order valence-electron chi connectivity index (χ4n) is 2.26. The average molecular weight is 311 g/mol. The maximum Gasteiger partial charge on any atom is 0.268 e. The zero-order chi connectivity index (χ0) is 16.2. The second-order valence-corrected chi connectivity index (χ2v) is 5.09. The number of amides is 2. The average Bonchev–Trinajstić information content (AvgIpc) is 3.18. The van der Waals surface area contributed by atoms with Crippen molar-refractivity contribution in [1.29, 1.82) is 0 Å². The summed E-state index contributed by atoms with van der Waals surface area (Å²) in [5.74, 6) is -0.620. The molecule has 7 nitrogen and oxygen atoms in total. The third-order valence-corrected chi connectivity index (χ3v) is 3.43. The molecule has 23 heavy (non-hydrogen) atoms. The SMILES string of the molecule is CCn1cc(NC(=O)CNC(=O)c2cc3ccccc3[nH]2)cn1. The number of hydrogen-bond donors (Lipinski definition) is 3. The van der Waals surface area contributed by atoms with Crippen LogP contribution in [0.1, 0.15) is 17.4 Å². The molecule has 0 unspecified atom stereocenters. The Kier molecular flexibility index (Phi) is 4.09. The highest BCUT2D eigenvalue weighted by Gasteiger charge is 2.11. The van der Waals surface area contributed by atoms with E-state index in [1.807, 2.05) is 31.2 Å². The fourth-order valence-corrected chi connectivity index (χ4v) is 2.26. The molecule has 0 fully saturated rings. The summed E-state index contributed by atoms with van der Waals surface area (Å²) >= 11 is 0. The van der Waals surface area contributed by atoms with Crippen LogP contribution in [-0.2, 0) is 11.3 Å². The van der Waals surface area contributed by atoms with Crippen LogP contribution < -0.4 is 10.6 Å². The van der Waals surface area contributed by atoms with Gasteiger partial charge in [-0.25, -0.2) is 0 Å². The van der Waals surface area contributed by atoms with Gasteiger partial charge in [-0.2, -0.15) is 5.10 Å². The molecule has 0 aliphatic rings. The van der Waals surface area contributed by atoms with Crippen molar-refractivity contribution in [3.8, 4) is 0 Å². The third kappa shape index (κ3) is 3.39. The van der Waals surface area contributed by atoms with Gasteiger partial charge in [-0.1, -0.05) is 18.2 Å². The maximum absolute atomic E-state index is 12.1. The minimum Gasteiger partial charge on any atom is -0.351 e. The number of rotatable bonds is 5. The molecule has 2 heterocycles. The lowest BCUT2D eigenvalue weighted by Crippen LogP contribution is -2.32. The van der Waals surface area contributed by atoms with Crippen LogP contribution in [0.3, 0.4) is 0 Å². The van der Waals surface area contributed by atoms with E-state index in [1.54, 1.807) is 23.1 Å². The van der Waals surface area contributed by atoms with Gasteiger partial charge in [-0.3, -0.25) is 14.3 Å². The second kappa shape index (κ2) is 6.35. The number of aromatic amines is 1. The largest absolute Gasteiger partial charge is 0.351 e. The normalized spacial score (nSPS) is 10.7. The molecular formula is C16H17N5O2. The highest BCUT2D eigenvalue weighted by Crippen LogP contribution is 2.14. The predicted octanol–water partition coefficient (Wildman–Crippen LogP) is 1.75. The molecule has 3 N–H and O–H groups in total. The van der Waals surface area contributed by atoms with Crippen LogP contribution >= 0.6 is 0 Å². The first kappa shape index (κ1) is 14.8. The van der Waals surface area contributed by atoms with Crippen LogP contribution in [0, 0.1) is 0 Å². The number of carbonyl (C=O) groups is 2. The molecule has 0 aliphatic heterocycles. The van der Waals surface area contributed by atoms with Gasteiger partial charge in [0.2, 0.25) is 5.91 Å². The van der Waals surface area contributed by atoms with Crippen molar-refractivity contribution in [3.05, 3.63) is 48.4 Å². The number of nitrogens with zero attached hydrogens (tertiary/aromatic N) is 2. The lowest BCUT2D eigenvalue weighted by Gasteiger charge is -2.04. The number of hydrogen-bond acceptors (Lipinski definition) is 3. The second-order valence-electron chi connectivity index (χ2n) is 5.09. The Bertz CT molecular complexity index is 816. The lowest BCUT2D eigenvalue weighted by atomic mass is 10.2. The number of aromatic nitrogens is 3. The molecule has 0 saturated heterocycles. The van der Waals surface area contributed by atoms with Crippen LogP contribution in [0.4, 0.5) is 5.69 Å². The molecular weight excluding hydrogens is 294 g/mol. The number of aryl methyl sites for hydroxylation is 1. The summed E-state index contributed by atoms with van der Waals surface area (Å²) in [6, 6.07) is 9.37. The van der Waals surface area contributed by atoms with Gasteiger partial charge in [0.15, 0.2) is 0 Å². The molecule has 2 amide bonds. The topological polar surface area (TPSA) is 91.8 Å². The van der Waals surface area contributed by atoms with Crippen molar-refractivity contribution < 1.29 is 9.59 Å². The lowest BCUT2D eigenvalue weighted by molar-refractivity contribution is -0.115. The summed E-state index contributed by atoms with van der Waals surface area (Å²) in [7, 11) is 0. The number of fused-ring (bicyclic) bond motifs is 1. The van der Waals surface area contributed by atoms with Crippen LogP contribution in [-0.4, -0.2) is 33.1 Å². The predicted molar refractivity (Wildman–Crippen MR) is 87.2 cm³/mol. The van der Waals surface area contributed by atoms with Crippen LogP contribution in [0.15, 0.2) is 42.7 Å². The smallest absolute Gasteiger partial charge is 0.268 e. The first-order chi connectivity index (χ1) is 11.2. The van der Waals surface area contributed by atoms with Gasteiger partial charge in [0.1, 0.15) is 5.69 Å². The van der Waals surface area contributed by atoms with Crippen LogP contribution in [0.2, 0.25) is 0 Å². The summed E-state index contributed by atoms with van der Waals surface area (Å²) < 4.78 is 1.71. The monoisotopic (exact) mass is 311 g/mol. The zero-order valence-electron chi connectivity index (χ0n) is 12.7. The quantitative estimate of drug-likeness (QED) is 0.670. The van der Waals surface area contributed by atoms with Gasteiger partial charge in [0.05, 0.1) is 18.4 Å². The molecule has 0 radical (unpaired) electrons. The Morgan fingerprint density at radius 3 is 2.87 bits per heavy atom. The van der Waals surface area contributed by atoms with Gasteiger partial charge in [-0.05, 0) is 19.1 Å². The number of para-hydroxylation sites is 1. The molecule has 0 saturated carbocycles. The summed E-state index contributed by atoms with van der Waals surface area (Å²) in [5.41, 5.74) is 1.92. The molecule has 1 aromatic carbocycles. The van der Waals surface area contributed by atoms with E-state index in [-0.39, 0.29) is 18.4 Å². The highest BCUT2D eigenvalue weighted by molar-refractivity contribution is 6.01. The molecule has 3 rings (SSSR count). The van der Waals surface area contributed by atoms with Crippen molar-refractivity contribution in [2.45, 2.75) is 13.5 Å². The fraction of sp³-hybridized carbons (Fsp3) is 0.188. The minimum atomic E-state index is -0.319. The molecule has 2 aromatic heterocycles. The van der Waals surface area contributed by atoms with E-state index < -0.39 is 0 Å². The Morgan fingerprint density at radius 2 is 2.13 bits per heavy atom. The van der Waals surface area contributed by atoms with Gasteiger partial charge < -0.3 is 15.6 Å². The molecule has 0 atom stereocenters. The number of anilines is 1. The van der Waals surface area contributed by atoms with Crippen LogP contribution in [0.5, 0.6) is 0 Å². The first-order valence-corrected chi connectivity index (χ1v) is 7.34. The van der Waals surface area contributed by atoms with Crippen molar-refractivity contribution in [2.75, 3.05) is 11.9 Å². The standard InChI is InChI=1S/C16H17N5O2/c1-2-21-10-12(8-18-21)19-15(22)9-17-16(23)14-7-11-5-3-4-6-13(11)20-14/h3-8,10,20H,2,9H2,1H3,(H,17,23)(H,19,22). The molecule has 0 spiro atoms. The Hall–Kier alpha value is -3.09. The van der Waals surface area contributed by atoms with Crippen molar-refractivity contribution in [1.82, 2.24) is 20.1 Å².